The number of rotatable bonds is 13. The van der Waals surface area contributed by atoms with E-state index in [9.17, 15) is 4.79 Å². The molecule has 0 aromatic carbocycles. The van der Waals surface area contributed by atoms with Crippen LogP contribution in [0.3, 0.4) is 0 Å². The second-order valence-corrected chi connectivity index (χ2v) is 4.72. The van der Waals surface area contributed by atoms with Gasteiger partial charge in [0.05, 0.1) is 0 Å². The summed E-state index contributed by atoms with van der Waals surface area (Å²) in [5.74, 6) is -0.695. The van der Waals surface area contributed by atoms with Gasteiger partial charge in [-0.2, -0.15) is 0 Å². The molecule has 0 spiro atoms. The van der Waals surface area contributed by atoms with E-state index < -0.39 is 5.97 Å². The van der Waals surface area contributed by atoms with E-state index in [1.807, 2.05) is 0 Å². The number of carboxylic acid groups (broad SMARTS) is 1. The van der Waals surface area contributed by atoms with Crippen LogP contribution in [0.15, 0.2) is 0 Å². The van der Waals surface area contributed by atoms with Gasteiger partial charge in [-0.1, -0.05) is 51.9 Å². The van der Waals surface area contributed by atoms with Crippen molar-refractivity contribution in [2.75, 3.05) is 13.1 Å². The summed E-state index contributed by atoms with van der Waals surface area (Å²) in [6.45, 7) is 4.12. The molecule has 0 aliphatic rings. The van der Waals surface area contributed by atoms with Crippen molar-refractivity contribution in [3.63, 3.8) is 0 Å². The molecule has 0 radical (unpaired) electrons. The Bertz CT molecular complexity index is 172. The van der Waals surface area contributed by atoms with Gasteiger partial charge in [0, 0.05) is 6.42 Å². The Morgan fingerprint density at radius 3 is 2.00 bits per heavy atom. The van der Waals surface area contributed by atoms with Crippen molar-refractivity contribution in [1.29, 1.82) is 0 Å². The molecule has 0 amide bonds. The maximum absolute atomic E-state index is 10.3. The van der Waals surface area contributed by atoms with Crippen LogP contribution in [-0.2, 0) is 4.79 Å². The minimum absolute atomic E-state index is 0.282. The Kier molecular flexibility index (Phi) is 13.0. The van der Waals surface area contributed by atoms with Gasteiger partial charge in [-0.15, -0.1) is 0 Å². The minimum atomic E-state index is -0.695. The van der Waals surface area contributed by atoms with Crippen LogP contribution >= 0.6 is 0 Å². The van der Waals surface area contributed by atoms with Gasteiger partial charge >= 0.3 is 5.97 Å². The summed E-state index contributed by atoms with van der Waals surface area (Å²) in [5.41, 5.74) is 0. The molecule has 0 heterocycles. The van der Waals surface area contributed by atoms with Crippen LogP contribution in [0.2, 0.25) is 0 Å². The topological polar surface area (TPSA) is 49.3 Å². The quantitative estimate of drug-likeness (QED) is 0.486. The van der Waals surface area contributed by atoms with Crippen molar-refractivity contribution in [3.8, 4) is 0 Å². The zero-order valence-electron chi connectivity index (χ0n) is 11.3. The lowest BCUT2D eigenvalue weighted by molar-refractivity contribution is -0.137. The molecule has 3 nitrogen and oxygen atoms in total. The van der Waals surface area contributed by atoms with E-state index in [2.05, 4.69) is 12.2 Å². The van der Waals surface area contributed by atoms with Crippen LogP contribution in [0.1, 0.15) is 71.1 Å². The third-order valence-corrected chi connectivity index (χ3v) is 2.95. The highest BCUT2D eigenvalue weighted by Crippen LogP contribution is 2.07. The van der Waals surface area contributed by atoms with Gasteiger partial charge in [0.15, 0.2) is 0 Å². The lowest BCUT2D eigenvalue weighted by atomic mass is 10.1. The van der Waals surface area contributed by atoms with Gasteiger partial charge in [-0.3, -0.25) is 4.79 Å². The van der Waals surface area contributed by atoms with Crippen molar-refractivity contribution >= 4 is 5.97 Å². The van der Waals surface area contributed by atoms with E-state index in [4.69, 9.17) is 5.11 Å². The molecule has 3 heteroatoms. The average molecular weight is 243 g/mol. The Hall–Kier alpha value is -0.570. The van der Waals surface area contributed by atoms with Crippen molar-refractivity contribution in [2.45, 2.75) is 71.1 Å². The van der Waals surface area contributed by atoms with E-state index in [0.29, 0.717) is 0 Å². The molecule has 17 heavy (non-hydrogen) atoms. The number of nitrogens with one attached hydrogen (secondary N) is 1. The molecule has 0 aromatic heterocycles. The molecule has 0 saturated carbocycles. The predicted molar refractivity (Wildman–Crippen MR) is 72.3 cm³/mol. The van der Waals surface area contributed by atoms with E-state index >= 15 is 0 Å². The van der Waals surface area contributed by atoms with Gasteiger partial charge in [0.25, 0.3) is 0 Å². The first-order chi connectivity index (χ1) is 8.27. The molecule has 0 fully saturated rings. The van der Waals surface area contributed by atoms with Crippen LogP contribution < -0.4 is 5.32 Å². The fraction of sp³-hybridized carbons (Fsp3) is 0.929. The summed E-state index contributed by atoms with van der Waals surface area (Å²) in [6, 6.07) is 0. The number of aliphatic carboxylic acids is 1. The summed E-state index contributed by atoms with van der Waals surface area (Å²) >= 11 is 0. The first kappa shape index (κ1) is 16.4. The Labute approximate surface area is 106 Å². The van der Waals surface area contributed by atoms with Crippen LogP contribution in [0.5, 0.6) is 0 Å². The van der Waals surface area contributed by atoms with Crippen molar-refractivity contribution in [3.05, 3.63) is 0 Å². The zero-order chi connectivity index (χ0) is 12.8. The van der Waals surface area contributed by atoms with Gasteiger partial charge in [-0.25, -0.2) is 0 Å². The maximum atomic E-state index is 10.3. The summed E-state index contributed by atoms with van der Waals surface area (Å²) in [5, 5.41) is 11.7. The van der Waals surface area contributed by atoms with Crippen LogP contribution in [0.25, 0.3) is 0 Å². The van der Waals surface area contributed by atoms with Crippen LogP contribution in [-0.4, -0.2) is 24.2 Å². The molecule has 0 saturated heterocycles. The largest absolute Gasteiger partial charge is 0.481 e. The summed E-state index contributed by atoms with van der Waals surface area (Å²) < 4.78 is 0. The first-order valence-corrected chi connectivity index (χ1v) is 7.20. The summed E-state index contributed by atoms with van der Waals surface area (Å²) in [7, 11) is 0. The van der Waals surface area contributed by atoms with Crippen LogP contribution in [0, 0.1) is 0 Å². The van der Waals surface area contributed by atoms with E-state index in [1.165, 1.54) is 51.4 Å². The first-order valence-electron chi connectivity index (χ1n) is 7.20. The molecule has 0 atom stereocenters. The molecule has 0 aliphatic heterocycles. The Balaban J connectivity index is 2.91. The SMILES string of the molecule is CCCCCCCCCCNCCCC(=O)O. The van der Waals surface area contributed by atoms with Crippen LogP contribution in [0.4, 0.5) is 0 Å². The molecular weight excluding hydrogens is 214 g/mol. The monoisotopic (exact) mass is 243 g/mol. The number of carboxylic acids is 1. The zero-order valence-corrected chi connectivity index (χ0v) is 11.3. The Morgan fingerprint density at radius 1 is 0.882 bits per heavy atom. The molecule has 0 aliphatic carbocycles. The van der Waals surface area contributed by atoms with Crippen molar-refractivity contribution < 1.29 is 9.90 Å². The lowest BCUT2D eigenvalue weighted by Gasteiger charge is -2.04. The number of unbranched alkanes of at least 4 members (excludes halogenated alkanes) is 7. The second kappa shape index (κ2) is 13.5. The van der Waals surface area contributed by atoms with Gasteiger partial charge in [0.2, 0.25) is 0 Å². The molecule has 102 valence electrons. The standard InChI is InChI=1S/C14H29NO2/c1-2-3-4-5-6-7-8-9-12-15-13-10-11-14(16)17/h15H,2-13H2,1H3,(H,16,17). The third-order valence-electron chi connectivity index (χ3n) is 2.95. The number of hydrogen-bond acceptors (Lipinski definition) is 2. The minimum Gasteiger partial charge on any atom is -0.481 e. The number of hydrogen-bond donors (Lipinski definition) is 2. The summed E-state index contributed by atoms with van der Waals surface area (Å²) in [6.07, 6.45) is 11.8. The molecule has 2 N–H and O–H groups in total. The van der Waals surface area contributed by atoms with Gasteiger partial charge in [-0.05, 0) is 25.9 Å². The molecular formula is C14H29NO2. The highest BCUT2D eigenvalue weighted by molar-refractivity contribution is 5.66. The molecule has 0 rings (SSSR count). The lowest BCUT2D eigenvalue weighted by Crippen LogP contribution is -2.17. The molecule has 0 bridgehead atoms. The Morgan fingerprint density at radius 2 is 1.41 bits per heavy atom. The van der Waals surface area contributed by atoms with E-state index in [-0.39, 0.29) is 6.42 Å². The maximum Gasteiger partial charge on any atom is 0.303 e. The molecule has 0 aromatic rings. The van der Waals surface area contributed by atoms with E-state index in [0.717, 1.165) is 19.5 Å². The smallest absolute Gasteiger partial charge is 0.303 e. The second-order valence-electron chi connectivity index (χ2n) is 4.72. The van der Waals surface area contributed by atoms with Crippen molar-refractivity contribution in [2.24, 2.45) is 0 Å². The van der Waals surface area contributed by atoms with Gasteiger partial charge < -0.3 is 10.4 Å². The fourth-order valence-electron chi connectivity index (χ4n) is 1.87. The normalized spacial score (nSPS) is 10.6. The highest BCUT2D eigenvalue weighted by Gasteiger charge is 1.95. The predicted octanol–water partition coefficient (Wildman–Crippen LogP) is 3.58. The highest BCUT2D eigenvalue weighted by atomic mass is 16.4. The summed E-state index contributed by atoms with van der Waals surface area (Å²) in [4.78, 5) is 10.3. The third kappa shape index (κ3) is 15.4. The van der Waals surface area contributed by atoms with Gasteiger partial charge in [0.1, 0.15) is 0 Å². The van der Waals surface area contributed by atoms with Crippen molar-refractivity contribution in [1.82, 2.24) is 5.32 Å². The number of carbonyl (C=O) groups is 1. The molecule has 0 unspecified atom stereocenters. The average Bonchev–Trinajstić information content (AvgIpc) is 2.30. The fourth-order valence-corrected chi connectivity index (χ4v) is 1.87. The van der Waals surface area contributed by atoms with E-state index in [1.54, 1.807) is 0 Å².